The van der Waals surface area contributed by atoms with E-state index in [0.717, 1.165) is 12.8 Å². The third-order valence-corrected chi connectivity index (χ3v) is 2.96. The fourth-order valence-electron chi connectivity index (χ4n) is 0.730. The van der Waals surface area contributed by atoms with Crippen LogP contribution in [0.2, 0.25) is 0 Å². The van der Waals surface area contributed by atoms with Crippen molar-refractivity contribution >= 4 is 20.9 Å². The van der Waals surface area contributed by atoms with Crippen LogP contribution in [0, 0.1) is 19.8 Å². The quantitative estimate of drug-likeness (QED) is 0.424. The molecule has 0 spiro atoms. The van der Waals surface area contributed by atoms with Gasteiger partial charge in [-0.15, -0.1) is 0 Å². The third-order valence-electron chi connectivity index (χ3n) is 1.56. The summed E-state index contributed by atoms with van der Waals surface area (Å²) in [7, 11) is 0. The van der Waals surface area contributed by atoms with E-state index in [2.05, 4.69) is 33.6 Å². The first-order valence-corrected chi connectivity index (χ1v) is 7.36. The van der Waals surface area contributed by atoms with Crippen molar-refractivity contribution < 1.29 is 0 Å². The number of unbranched alkanes of at least 4 members (excludes halogenated alkanes) is 4. The molecule has 0 saturated heterocycles. The van der Waals surface area contributed by atoms with Crippen LogP contribution < -0.4 is 0 Å². The third kappa shape index (κ3) is 11.9. The van der Waals surface area contributed by atoms with Crippen molar-refractivity contribution in [3.63, 3.8) is 0 Å². The predicted molar refractivity (Wildman–Crippen MR) is 60.4 cm³/mol. The Labute approximate surface area is 93.0 Å². The first-order chi connectivity index (χ1) is 6.41. The van der Waals surface area contributed by atoms with Crippen LogP contribution >= 0.6 is 0 Å². The van der Waals surface area contributed by atoms with Crippen molar-refractivity contribution in [1.82, 2.24) is 0 Å². The number of rotatable bonds is 4. The molecular formula is C12H18Te. The van der Waals surface area contributed by atoms with E-state index >= 15 is 0 Å². The molecule has 0 bridgehead atoms. The van der Waals surface area contributed by atoms with Crippen molar-refractivity contribution in [1.29, 1.82) is 0 Å². The second-order valence-corrected chi connectivity index (χ2v) is 4.61. The Morgan fingerprint density at radius 1 is 0.846 bits per heavy atom. The zero-order chi connectivity index (χ0) is 9.78. The van der Waals surface area contributed by atoms with E-state index in [-0.39, 0.29) is 20.9 Å². The molecular weight excluding hydrogens is 272 g/mol. The molecule has 0 aromatic rings. The van der Waals surface area contributed by atoms with Gasteiger partial charge >= 0.3 is 93.1 Å². The normalized spacial score (nSPS) is 8.15. The van der Waals surface area contributed by atoms with Gasteiger partial charge in [0, 0.05) is 0 Å². The van der Waals surface area contributed by atoms with Crippen molar-refractivity contribution in [2.24, 2.45) is 0 Å². The number of hydrogen-bond donors (Lipinski definition) is 0. The van der Waals surface area contributed by atoms with Gasteiger partial charge in [-0.2, -0.15) is 0 Å². The molecule has 0 radical (unpaired) electrons. The molecule has 13 heavy (non-hydrogen) atoms. The maximum atomic E-state index is 3.20. The summed E-state index contributed by atoms with van der Waals surface area (Å²) in [5.41, 5.74) is 0. The Morgan fingerprint density at radius 2 is 1.31 bits per heavy atom. The Hall–Kier alpha value is -0.0904. The molecule has 0 N–H and O–H groups in total. The van der Waals surface area contributed by atoms with E-state index < -0.39 is 0 Å². The molecule has 72 valence electrons. The molecule has 0 heterocycles. The van der Waals surface area contributed by atoms with Crippen molar-refractivity contribution in [2.45, 2.75) is 52.4 Å². The molecule has 0 aliphatic rings. The van der Waals surface area contributed by atoms with E-state index in [4.69, 9.17) is 0 Å². The molecule has 0 aromatic heterocycles. The van der Waals surface area contributed by atoms with Gasteiger partial charge in [0.05, 0.1) is 0 Å². The van der Waals surface area contributed by atoms with Gasteiger partial charge in [0.15, 0.2) is 0 Å². The molecule has 1 heteroatoms. The van der Waals surface area contributed by atoms with Crippen molar-refractivity contribution in [3.8, 4) is 19.8 Å². The summed E-state index contributed by atoms with van der Waals surface area (Å²) in [5.74, 6) is 6.36. The summed E-state index contributed by atoms with van der Waals surface area (Å²) in [5, 5.41) is 0. The summed E-state index contributed by atoms with van der Waals surface area (Å²) in [6.45, 7) is 4.39. The summed E-state index contributed by atoms with van der Waals surface area (Å²) < 4.78 is 6.41. The van der Waals surface area contributed by atoms with Crippen LogP contribution in [0.15, 0.2) is 0 Å². The summed E-state index contributed by atoms with van der Waals surface area (Å²) in [4.78, 5) is 0. The minimum atomic E-state index is -0.295. The molecule has 0 unspecified atom stereocenters. The molecule has 0 nitrogen and oxygen atoms in total. The molecule has 0 aliphatic carbocycles. The predicted octanol–water partition coefficient (Wildman–Crippen LogP) is 2.99. The van der Waals surface area contributed by atoms with Crippen LogP contribution in [0.5, 0.6) is 0 Å². The standard InChI is InChI=1S/C12H18Te/c1-3-5-7-9-11-13-12-10-8-6-4-2/h3-8H2,1-2H3. The monoisotopic (exact) mass is 292 g/mol. The van der Waals surface area contributed by atoms with Crippen LogP contribution in [0.1, 0.15) is 52.4 Å². The topological polar surface area (TPSA) is 0 Å². The van der Waals surface area contributed by atoms with Gasteiger partial charge in [0.25, 0.3) is 0 Å². The molecule has 0 aliphatic heterocycles. The van der Waals surface area contributed by atoms with Gasteiger partial charge in [-0.25, -0.2) is 0 Å². The molecule has 0 atom stereocenters. The van der Waals surface area contributed by atoms with Gasteiger partial charge in [-0.3, -0.25) is 0 Å². The Morgan fingerprint density at radius 3 is 1.69 bits per heavy atom. The second-order valence-electron chi connectivity index (χ2n) is 2.87. The average Bonchev–Trinajstić information content (AvgIpc) is 2.16. The van der Waals surface area contributed by atoms with E-state index in [1.165, 1.54) is 25.7 Å². The zero-order valence-electron chi connectivity index (χ0n) is 8.65. The van der Waals surface area contributed by atoms with Gasteiger partial charge in [-0.1, -0.05) is 0 Å². The van der Waals surface area contributed by atoms with Gasteiger partial charge in [0.1, 0.15) is 0 Å². The fourth-order valence-corrected chi connectivity index (χ4v) is 1.87. The zero-order valence-corrected chi connectivity index (χ0v) is 11.0. The Balaban J connectivity index is 3.28. The molecule has 0 rings (SSSR count). The van der Waals surface area contributed by atoms with Crippen molar-refractivity contribution in [3.05, 3.63) is 0 Å². The Bertz CT molecular complexity index is 185. The van der Waals surface area contributed by atoms with Crippen LogP contribution in [-0.2, 0) is 0 Å². The first-order valence-electron chi connectivity index (χ1n) is 5.03. The molecule has 0 amide bonds. The van der Waals surface area contributed by atoms with E-state index in [0.29, 0.717) is 0 Å². The molecule has 0 saturated carbocycles. The summed E-state index contributed by atoms with van der Waals surface area (Å²) in [6.07, 6.45) is 7.11. The first kappa shape index (κ1) is 12.9. The van der Waals surface area contributed by atoms with Crippen LogP contribution in [0.25, 0.3) is 0 Å². The van der Waals surface area contributed by atoms with Crippen molar-refractivity contribution in [2.75, 3.05) is 0 Å². The molecule has 0 aromatic carbocycles. The maximum absolute atomic E-state index is 3.20. The van der Waals surface area contributed by atoms with Gasteiger partial charge in [-0.05, 0) is 0 Å². The van der Waals surface area contributed by atoms with Gasteiger partial charge < -0.3 is 0 Å². The minimum absolute atomic E-state index is 0.295. The van der Waals surface area contributed by atoms with E-state index in [1.807, 2.05) is 0 Å². The SMILES string of the molecule is CCCCC#C[Te]C#CCCCC. The second kappa shape index (κ2) is 11.9. The number of hydrogen-bond acceptors (Lipinski definition) is 0. The van der Waals surface area contributed by atoms with Crippen LogP contribution in [0.3, 0.4) is 0 Å². The van der Waals surface area contributed by atoms with E-state index in [1.54, 1.807) is 0 Å². The van der Waals surface area contributed by atoms with Crippen LogP contribution in [0.4, 0.5) is 0 Å². The van der Waals surface area contributed by atoms with Crippen LogP contribution in [-0.4, -0.2) is 20.9 Å². The fraction of sp³-hybridized carbons (Fsp3) is 0.667. The molecule has 0 fully saturated rings. The Kier molecular flexibility index (Phi) is 11.8. The summed E-state index contributed by atoms with van der Waals surface area (Å²) in [6, 6.07) is 0. The van der Waals surface area contributed by atoms with E-state index in [9.17, 15) is 0 Å². The summed E-state index contributed by atoms with van der Waals surface area (Å²) >= 11 is -0.295. The average molecular weight is 290 g/mol. The van der Waals surface area contributed by atoms with Gasteiger partial charge in [0.2, 0.25) is 0 Å².